The Morgan fingerprint density at radius 1 is 1.22 bits per heavy atom. The van der Waals surface area contributed by atoms with E-state index in [0.717, 1.165) is 6.33 Å². The van der Waals surface area contributed by atoms with Crippen LogP contribution in [0.15, 0.2) is 23.3 Å². The third kappa shape index (κ3) is 2.30. The van der Waals surface area contributed by atoms with Crippen LogP contribution in [-0.4, -0.2) is 9.97 Å². The Morgan fingerprint density at radius 2 is 1.83 bits per heavy atom. The van der Waals surface area contributed by atoms with Crippen molar-refractivity contribution >= 4 is 23.1 Å². The maximum absolute atomic E-state index is 13.3. The molecule has 18 heavy (non-hydrogen) atoms. The van der Waals surface area contributed by atoms with Crippen LogP contribution in [0.2, 0.25) is 5.02 Å². The lowest BCUT2D eigenvalue weighted by Crippen LogP contribution is -2.10. The minimum Gasteiger partial charge on any atom is -0.334 e. The van der Waals surface area contributed by atoms with Crippen molar-refractivity contribution < 1.29 is 13.2 Å². The number of halogens is 4. The third-order valence-electron chi connectivity index (χ3n) is 2.05. The fourth-order valence-corrected chi connectivity index (χ4v) is 1.40. The van der Waals surface area contributed by atoms with Crippen LogP contribution < -0.4 is 10.9 Å². The number of anilines is 2. The molecular formula is C10H5ClF3N3O. The van der Waals surface area contributed by atoms with Gasteiger partial charge in [-0.2, -0.15) is 0 Å². The van der Waals surface area contributed by atoms with Crippen LogP contribution in [0.4, 0.5) is 24.7 Å². The molecule has 2 N–H and O–H groups in total. The first-order valence-electron chi connectivity index (χ1n) is 4.64. The van der Waals surface area contributed by atoms with Gasteiger partial charge in [0, 0.05) is 12.1 Å². The van der Waals surface area contributed by atoms with E-state index in [4.69, 9.17) is 11.6 Å². The van der Waals surface area contributed by atoms with Gasteiger partial charge < -0.3 is 10.3 Å². The van der Waals surface area contributed by atoms with Crippen LogP contribution in [0.5, 0.6) is 0 Å². The molecule has 0 fully saturated rings. The van der Waals surface area contributed by atoms with Crippen molar-refractivity contribution in [1.82, 2.24) is 9.97 Å². The van der Waals surface area contributed by atoms with Crippen LogP contribution in [-0.2, 0) is 0 Å². The Morgan fingerprint density at radius 3 is 2.44 bits per heavy atom. The highest BCUT2D eigenvalue weighted by molar-refractivity contribution is 6.32. The highest BCUT2D eigenvalue weighted by atomic mass is 35.5. The van der Waals surface area contributed by atoms with Gasteiger partial charge in [-0.1, -0.05) is 11.6 Å². The average Bonchev–Trinajstić information content (AvgIpc) is 2.28. The highest BCUT2D eigenvalue weighted by Gasteiger charge is 2.14. The number of rotatable bonds is 2. The van der Waals surface area contributed by atoms with Gasteiger partial charge in [-0.25, -0.2) is 18.2 Å². The van der Waals surface area contributed by atoms with Gasteiger partial charge in [0.15, 0.2) is 17.5 Å². The normalized spacial score (nSPS) is 10.4. The van der Waals surface area contributed by atoms with Crippen molar-refractivity contribution in [2.45, 2.75) is 0 Å². The summed E-state index contributed by atoms with van der Waals surface area (Å²) in [5.41, 5.74) is -1.31. The van der Waals surface area contributed by atoms with Gasteiger partial charge in [-0.05, 0) is 0 Å². The number of H-pyrrole nitrogens is 1. The third-order valence-corrected chi connectivity index (χ3v) is 2.40. The van der Waals surface area contributed by atoms with Gasteiger partial charge >= 0.3 is 0 Å². The Balaban J connectivity index is 2.47. The second-order valence-corrected chi connectivity index (χ2v) is 3.64. The quantitative estimate of drug-likeness (QED) is 0.886. The van der Waals surface area contributed by atoms with Crippen molar-refractivity contribution in [2.75, 3.05) is 5.32 Å². The molecule has 0 aliphatic carbocycles. The van der Waals surface area contributed by atoms with Gasteiger partial charge in [0.2, 0.25) is 0 Å². The molecule has 1 aromatic heterocycles. The summed E-state index contributed by atoms with van der Waals surface area (Å²) in [7, 11) is 0. The van der Waals surface area contributed by atoms with Crippen LogP contribution in [0.3, 0.4) is 0 Å². The first kappa shape index (κ1) is 12.4. The minimum atomic E-state index is -1.16. The zero-order chi connectivity index (χ0) is 13.3. The largest absolute Gasteiger partial charge is 0.334 e. The number of nitrogens with one attached hydrogen (secondary N) is 2. The van der Waals surface area contributed by atoms with E-state index < -0.39 is 28.7 Å². The second-order valence-electron chi connectivity index (χ2n) is 3.26. The number of aromatic amines is 1. The lowest BCUT2D eigenvalue weighted by atomic mass is 10.2. The Hall–Kier alpha value is -2.02. The maximum atomic E-state index is 13.3. The first-order valence-corrected chi connectivity index (χ1v) is 5.01. The van der Waals surface area contributed by atoms with Gasteiger partial charge in [0.1, 0.15) is 16.5 Å². The summed E-state index contributed by atoms with van der Waals surface area (Å²) < 4.78 is 39.3. The van der Waals surface area contributed by atoms with Crippen molar-refractivity contribution in [2.24, 2.45) is 0 Å². The summed E-state index contributed by atoms with van der Waals surface area (Å²) in [6.45, 7) is 0. The average molecular weight is 276 g/mol. The summed E-state index contributed by atoms with van der Waals surface area (Å²) in [5.74, 6) is -3.61. The van der Waals surface area contributed by atoms with Crippen LogP contribution in [0, 0.1) is 17.5 Å². The monoisotopic (exact) mass is 275 g/mol. The molecule has 0 radical (unpaired) electrons. The number of benzene rings is 1. The molecule has 0 aliphatic heterocycles. The molecule has 94 valence electrons. The molecule has 2 rings (SSSR count). The molecule has 0 bridgehead atoms. The fourth-order valence-electron chi connectivity index (χ4n) is 1.25. The van der Waals surface area contributed by atoms with Gasteiger partial charge in [-0.15, -0.1) is 0 Å². The van der Waals surface area contributed by atoms with E-state index in [1.165, 1.54) is 0 Å². The van der Waals surface area contributed by atoms with E-state index in [-0.39, 0.29) is 10.8 Å². The smallest absolute Gasteiger partial charge is 0.271 e. The number of aromatic nitrogens is 2. The molecule has 4 nitrogen and oxygen atoms in total. The number of hydrogen-bond acceptors (Lipinski definition) is 3. The zero-order valence-electron chi connectivity index (χ0n) is 8.60. The zero-order valence-corrected chi connectivity index (χ0v) is 9.36. The molecule has 0 saturated carbocycles. The van der Waals surface area contributed by atoms with Crippen molar-refractivity contribution in [1.29, 1.82) is 0 Å². The molecule has 8 heteroatoms. The molecule has 1 heterocycles. The number of hydrogen-bond donors (Lipinski definition) is 2. The first-order chi connectivity index (χ1) is 8.49. The van der Waals surface area contributed by atoms with E-state index >= 15 is 0 Å². The van der Waals surface area contributed by atoms with Crippen LogP contribution >= 0.6 is 11.6 Å². The van der Waals surface area contributed by atoms with Gasteiger partial charge in [-0.3, -0.25) is 4.79 Å². The predicted octanol–water partition coefficient (Wildman–Crippen LogP) is 2.58. The Kier molecular flexibility index (Phi) is 3.24. The van der Waals surface area contributed by atoms with Crippen LogP contribution in [0.1, 0.15) is 0 Å². The summed E-state index contributed by atoms with van der Waals surface area (Å²) in [5, 5.41) is 1.84. The van der Waals surface area contributed by atoms with E-state index in [0.29, 0.717) is 12.1 Å². The SMILES string of the molecule is O=c1[nH]cnc(Nc2c(F)cc(F)cc2F)c1Cl. The van der Waals surface area contributed by atoms with Crippen molar-refractivity contribution in [3.05, 3.63) is 51.3 Å². The van der Waals surface area contributed by atoms with E-state index in [2.05, 4.69) is 15.3 Å². The molecule has 0 aliphatic rings. The maximum Gasteiger partial charge on any atom is 0.271 e. The lowest BCUT2D eigenvalue weighted by Gasteiger charge is -2.08. The summed E-state index contributed by atoms with van der Waals surface area (Å²) in [6.07, 6.45) is 1.01. The molecule has 1 aromatic carbocycles. The summed E-state index contributed by atoms with van der Waals surface area (Å²) >= 11 is 5.59. The highest BCUT2D eigenvalue weighted by Crippen LogP contribution is 2.25. The van der Waals surface area contributed by atoms with E-state index in [1.807, 2.05) is 0 Å². The molecule has 2 aromatic rings. The predicted molar refractivity (Wildman–Crippen MR) is 59.5 cm³/mol. The molecule has 0 unspecified atom stereocenters. The Labute approximate surface area is 103 Å². The molecule has 0 amide bonds. The summed E-state index contributed by atoms with van der Waals surface area (Å²) in [4.78, 5) is 16.9. The second kappa shape index (κ2) is 4.69. The minimum absolute atomic E-state index is 0.232. The topological polar surface area (TPSA) is 57.8 Å². The van der Waals surface area contributed by atoms with E-state index in [1.54, 1.807) is 0 Å². The van der Waals surface area contributed by atoms with Crippen molar-refractivity contribution in [3.8, 4) is 0 Å². The molecule has 0 saturated heterocycles. The summed E-state index contributed by atoms with van der Waals surface area (Å²) in [6, 6.07) is 0.985. The number of nitrogens with zero attached hydrogens (tertiary/aromatic N) is 1. The Bertz CT molecular complexity index is 636. The molecule has 0 atom stereocenters. The van der Waals surface area contributed by atoms with Gasteiger partial charge in [0.05, 0.1) is 6.33 Å². The lowest BCUT2D eigenvalue weighted by molar-refractivity contribution is 0.548. The standard InChI is InChI=1S/C10H5ClF3N3O/c11-7-9(15-3-16-10(7)18)17-8-5(13)1-4(12)2-6(8)14/h1-3H,(H2,15,16,17,18). The van der Waals surface area contributed by atoms with Crippen molar-refractivity contribution in [3.63, 3.8) is 0 Å². The van der Waals surface area contributed by atoms with Crippen LogP contribution in [0.25, 0.3) is 0 Å². The van der Waals surface area contributed by atoms with E-state index in [9.17, 15) is 18.0 Å². The fraction of sp³-hybridized carbons (Fsp3) is 0. The van der Waals surface area contributed by atoms with Gasteiger partial charge in [0.25, 0.3) is 5.56 Å². The molecule has 0 spiro atoms. The molecular weight excluding hydrogens is 271 g/mol.